The van der Waals surface area contributed by atoms with E-state index in [1.54, 1.807) is 24.5 Å². The molecule has 3 heterocycles. The first-order valence-electron chi connectivity index (χ1n) is 7.99. The molecule has 0 fully saturated rings. The Bertz CT molecular complexity index is 1110. The number of benzene rings is 1. The first-order chi connectivity index (χ1) is 12.6. The van der Waals surface area contributed by atoms with E-state index in [0.717, 1.165) is 15.6 Å². The topological polar surface area (TPSA) is 68.0 Å². The van der Waals surface area contributed by atoms with Crippen LogP contribution in [-0.4, -0.2) is 15.9 Å². The van der Waals surface area contributed by atoms with Crippen molar-refractivity contribution in [3.05, 3.63) is 76.6 Å². The maximum absolute atomic E-state index is 12.9. The summed E-state index contributed by atoms with van der Waals surface area (Å²) in [6.07, 6.45) is 1.58. The lowest BCUT2D eigenvalue weighted by molar-refractivity contribution is 0.102. The quantitative estimate of drug-likeness (QED) is 0.505. The molecule has 0 saturated carbocycles. The number of nitrogens with one attached hydrogen (secondary N) is 1. The number of pyridine rings is 2. The number of hydrogen-bond acceptors (Lipinski definition) is 4. The number of nitrogens with zero attached hydrogens (tertiary/aromatic N) is 2. The number of aryl methyl sites for hydroxylation is 1. The zero-order valence-corrected chi connectivity index (χ0v) is 15.4. The molecule has 3 aromatic heterocycles. The summed E-state index contributed by atoms with van der Waals surface area (Å²) in [5, 5.41) is 3.61. The van der Waals surface area contributed by atoms with Crippen molar-refractivity contribution in [2.45, 2.75) is 6.92 Å². The minimum atomic E-state index is -0.249. The van der Waals surface area contributed by atoms with Gasteiger partial charge in [0.25, 0.3) is 5.91 Å². The van der Waals surface area contributed by atoms with Crippen LogP contribution in [0.3, 0.4) is 0 Å². The molecule has 4 aromatic rings. The van der Waals surface area contributed by atoms with Crippen LogP contribution in [0.2, 0.25) is 0 Å². The summed E-state index contributed by atoms with van der Waals surface area (Å²) in [5.41, 5.74) is 2.66. The molecule has 1 N–H and O–H groups in total. The SMILES string of the molecule is Cc1cccc(NC(=O)c2cc(-c3ccco3)nc3ccc(Br)cc23)n1. The van der Waals surface area contributed by atoms with E-state index in [0.29, 0.717) is 28.4 Å². The van der Waals surface area contributed by atoms with Gasteiger partial charge in [-0.15, -0.1) is 0 Å². The van der Waals surface area contributed by atoms with E-state index in [1.165, 1.54) is 0 Å². The molecule has 1 amide bonds. The van der Waals surface area contributed by atoms with Crippen LogP contribution < -0.4 is 5.32 Å². The van der Waals surface area contributed by atoms with E-state index in [1.807, 2.05) is 43.3 Å². The Morgan fingerprint density at radius 3 is 2.73 bits per heavy atom. The van der Waals surface area contributed by atoms with E-state index in [4.69, 9.17) is 4.42 Å². The average molecular weight is 408 g/mol. The van der Waals surface area contributed by atoms with Crippen molar-refractivity contribution in [3.63, 3.8) is 0 Å². The van der Waals surface area contributed by atoms with E-state index >= 15 is 0 Å². The Morgan fingerprint density at radius 1 is 1.08 bits per heavy atom. The summed E-state index contributed by atoms with van der Waals surface area (Å²) in [6.45, 7) is 1.88. The molecule has 0 aliphatic heterocycles. The molecule has 0 atom stereocenters. The van der Waals surface area contributed by atoms with Crippen LogP contribution >= 0.6 is 15.9 Å². The molecule has 6 heteroatoms. The molecule has 1 aromatic carbocycles. The molecular formula is C20H14BrN3O2. The smallest absolute Gasteiger partial charge is 0.257 e. The fraction of sp³-hybridized carbons (Fsp3) is 0.0500. The molecular weight excluding hydrogens is 394 g/mol. The first-order valence-corrected chi connectivity index (χ1v) is 8.79. The maximum atomic E-state index is 12.9. The van der Waals surface area contributed by atoms with Gasteiger partial charge in [-0.2, -0.15) is 0 Å². The van der Waals surface area contributed by atoms with Crippen molar-refractivity contribution in [1.82, 2.24) is 9.97 Å². The number of halogens is 1. The van der Waals surface area contributed by atoms with E-state index in [2.05, 4.69) is 31.2 Å². The number of rotatable bonds is 3. The number of furan rings is 1. The molecule has 4 rings (SSSR count). The normalized spacial score (nSPS) is 10.8. The Kier molecular flexibility index (Phi) is 4.26. The summed E-state index contributed by atoms with van der Waals surface area (Å²) in [7, 11) is 0. The zero-order chi connectivity index (χ0) is 18.1. The summed E-state index contributed by atoms with van der Waals surface area (Å²) >= 11 is 3.46. The summed E-state index contributed by atoms with van der Waals surface area (Å²) in [6, 6.07) is 16.5. The lowest BCUT2D eigenvalue weighted by Crippen LogP contribution is -2.14. The zero-order valence-electron chi connectivity index (χ0n) is 13.9. The Balaban J connectivity index is 1.83. The van der Waals surface area contributed by atoms with E-state index < -0.39 is 0 Å². The standard InChI is InChI=1S/C20H14BrN3O2/c1-12-4-2-6-19(22-12)24-20(25)15-11-17(18-5-3-9-26-18)23-16-8-7-13(21)10-14(15)16/h2-11H,1H3,(H,22,24,25). The summed E-state index contributed by atoms with van der Waals surface area (Å²) in [4.78, 5) is 21.9. The highest BCUT2D eigenvalue weighted by molar-refractivity contribution is 9.10. The maximum Gasteiger partial charge on any atom is 0.257 e. The predicted molar refractivity (Wildman–Crippen MR) is 104 cm³/mol. The van der Waals surface area contributed by atoms with Crippen molar-refractivity contribution in [2.24, 2.45) is 0 Å². The van der Waals surface area contributed by atoms with Crippen molar-refractivity contribution < 1.29 is 9.21 Å². The highest BCUT2D eigenvalue weighted by atomic mass is 79.9. The van der Waals surface area contributed by atoms with Gasteiger partial charge >= 0.3 is 0 Å². The van der Waals surface area contributed by atoms with Crippen LogP contribution in [0, 0.1) is 6.92 Å². The van der Waals surface area contributed by atoms with Crippen LogP contribution in [0.15, 0.2) is 69.8 Å². The second kappa shape index (κ2) is 6.72. The number of carbonyl (C=O) groups is 1. The van der Waals surface area contributed by atoms with E-state index in [-0.39, 0.29) is 5.91 Å². The largest absolute Gasteiger partial charge is 0.463 e. The lowest BCUT2D eigenvalue weighted by atomic mass is 10.1. The van der Waals surface area contributed by atoms with Crippen molar-refractivity contribution in [3.8, 4) is 11.5 Å². The number of fused-ring (bicyclic) bond motifs is 1. The lowest BCUT2D eigenvalue weighted by Gasteiger charge is -2.10. The van der Waals surface area contributed by atoms with Gasteiger partial charge in [0, 0.05) is 15.6 Å². The molecule has 128 valence electrons. The number of carbonyl (C=O) groups excluding carboxylic acids is 1. The third kappa shape index (κ3) is 3.23. The minimum absolute atomic E-state index is 0.249. The molecule has 0 radical (unpaired) electrons. The Morgan fingerprint density at radius 2 is 1.96 bits per heavy atom. The number of aromatic nitrogens is 2. The minimum Gasteiger partial charge on any atom is -0.463 e. The van der Waals surface area contributed by atoms with Gasteiger partial charge in [0.1, 0.15) is 11.5 Å². The highest BCUT2D eigenvalue weighted by Gasteiger charge is 2.16. The molecule has 0 unspecified atom stereocenters. The molecule has 5 nitrogen and oxygen atoms in total. The fourth-order valence-electron chi connectivity index (χ4n) is 2.73. The average Bonchev–Trinajstić information content (AvgIpc) is 3.15. The molecule has 0 aliphatic carbocycles. The molecule has 0 saturated heterocycles. The fourth-order valence-corrected chi connectivity index (χ4v) is 3.09. The van der Waals surface area contributed by atoms with Gasteiger partial charge in [0.15, 0.2) is 5.76 Å². The second-order valence-electron chi connectivity index (χ2n) is 5.81. The van der Waals surface area contributed by atoms with Gasteiger partial charge in [0.2, 0.25) is 0 Å². The first kappa shape index (κ1) is 16.5. The van der Waals surface area contributed by atoms with Crippen LogP contribution in [-0.2, 0) is 0 Å². The third-order valence-electron chi connectivity index (χ3n) is 3.92. The number of anilines is 1. The van der Waals surface area contributed by atoms with Crippen LogP contribution in [0.5, 0.6) is 0 Å². The van der Waals surface area contributed by atoms with Crippen LogP contribution in [0.25, 0.3) is 22.4 Å². The van der Waals surface area contributed by atoms with Gasteiger partial charge in [-0.3, -0.25) is 4.79 Å². The number of hydrogen-bond donors (Lipinski definition) is 1. The molecule has 26 heavy (non-hydrogen) atoms. The Hall–Kier alpha value is -2.99. The monoisotopic (exact) mass is 407 g/mol. The van der Waals surface area contributed by atoms with Crippen molar-refractivity contribution in [1.29, 1.82) is 0 Å². The Labute approximate surface area is 158 Å². The summed E-state index contributed by atoms with van der Waals surface area (Å²) in [5.74, 6) is 0.869. The number of amides is 1. The van der Waals surface area contributed by atoms with Crippen LogP contribution in [0.1, 0.15) is 16.1 Å². The second-order valence-corrected chi connectivity index (χ2v) is 6.73. The van der Waals surface area contributed by atoms with Gasteiger partial charge in [-0.05, 0) is 55.5 Å². The van der Waals surface area contributed by atoms with Crippen molar-refractivity contribution in [2.75, 3.05) is 5.32 Å². The van der Waals surface area contributed by atoms with E-state index in [9.17, 15) is 4.79 Å². The van der Waals surface area contributed by atoms with Gasteiger partial charge in [0.05, 0.1) is 17.3 Å². The third-order valence-corrected chi connectivity index (χ3v) is 4.41. The molecule has 0 bridgehead atoms. The predicted octanol–water partition coefficient (Wildman–Crippen LogP) is 5.21. The van der Waals surface area contributed by atoms with Crippen molar-refractivity contribution >= 4 is 38.6 Å². The molecule has 0 aliphatic rings. The van der Waals surface area contributed by atoms with Gasteiger partial charge in [-0.1, -0.05) is 22.0 Å². The highest BCUT2D eigenvalue weighted by Crippen LogP contribution is 2.28. The van der Waals surface area contributed by atoms with Gasteiger partial charge in [-0.25, -0.2) is 9.97 Å². The van der Waals surface area contributed by atoms with Crippen LogP contribution in [0.4, 0.5) is 5.82 Å². The molecule has 0 spiro atoms. The summed E-state index contributed by atoms with van der Waals surface area (Å²) < 4.78 is 6.32. The van der Waals surface area contributed by atoms with Gasteiger partial charge < -0.3 is 9.73 Å².